The van der Waals surface area contributed by atoms with Gasteiger partial charge in [0.15, 0.2) is 0 Å². The molecule has 0 spiro atoms. The fourth-order valence-electron chi connectivity index (χ4n) is 6.72. The van der Waals surface area contributed by atoms with Crippen molar-refractivity contribution in [1.82, 2.24) is 0 Å². The second-order valence-electron chi connectivity index (χ2n) is 10.8. The van der Waals surface area contributed by atoms with E-state index in [2.05, 4.69) is 27.7 Å². The Labute approximate surface area is 206 Å². The summed E-state index contributed by atoms with van der Waals surface area (Å²) in [4.78, 5) is 25.9. The molecule has 1 aliphatic carbocycles. The number of furan rings is 1. The van der Waals surface area contributed by atoms with E-state index in [9.17, 15) is 9.59 Å². The normalized spacial score (nSPS) is 35.9. The Kier molecular flexibility index (Phi) is 6.12. The summed E-state index contributed by atoms with van der Waals surface area (Å²) in [6.45, 7) is 8.49. The van der Waals surface area contributed by atoms with E-state index in [-0.39, 0.29) is 29.5 Å². The Hall–Kier alpha value is -2.86. The highest BCUT2D eigenvalue weighted by Gasteiger charge is 2.72. The quantitative estimate of drug-likeness (QED) is 0.393. The Morgan fingerprint density at radius 1 is 1.09 bits per heavy atom. The van der Waals surface area contributed by atoms with Gasteiger partial charge in [-0.05, 0) is 61.3 Å². The summed E-state index contributed by atoms with van der Waals surface area (Å²) in [5.74, 6) is 0.00229. The van der Waals surface area contributed by atoms with Crippen LogP contribution in [0.2, 0.25) is 0 Å². The van der Waals surface area contributed by atoms with Gasteiger partial charge in [0.1, 0.15) is 23.4 Å². The van der Waals surface area contributed by atoms with E-state index in [4.69, 9.17) is 18.6 Å². The first kappa shape index (κ1) is 23.9. The van der Waals surface area contributed by atoms with Crippen LogP contribution in [0.25, 0.3) is 6.08 Å². The van der Waals surface area contributed by atoms with Crippen LogP contribution < -0.4 is 0 Å². The molecular weight excluding hydrogens is 444 g/mol. The number of hydrogen-bond acceptors (Lipinski definition) is 6. The predicted octanol–water partition coefficient (Wildman–Crippen LogP) is 5.68. The zero-order valence-electron chi connectivity index (χ0n) is 20.8. The first-order valence-corrected chi connectivity index (χ1v) is 12.6. The number of carbonyl (C=O) groups is 2. The topological polar surface area (TPSA) is 75.0 Å². The monoisotopic (exact) mass is 478 g/mol. The maximum atomic E-state index is 13.1. The first-order valence-electron chi connectivity index (χ1n) is 12.6. The molecule has 7 atom stereocenters. The van der Waals surface area contributed by atoms with Crippen molar-refractivity contribution in [3.63, 3.8) is 0 Å². The van der Waals surface area contributed by atoms with Crippen molar-refractivity contribution in [1.29, 1.82) is 0 Å². The summed E-state index contributed by atoms with van der Waals surface area (Å²) >= 11 is 0. The van der Waals surface area contributed by atoms with Crippen molar-refractivity contribution < 1.29 is 28.2 Å². The van der Waals surface area contributed by atoms with Gasteiger partial charge in [-0.1, -0.05) is 51.1 Å². The lowest BCUT2D eigenvalue weighted by Gasteiger charge is -2.52. The van der Waals surface area contributed by atoms with Crippen LogP contribution in [0.5, 0.6) is 0 Å². The molecule has 35 heavy (non-hydrogen) atoms. The molecule has 6 nitrogen and oxygen atoms in total. The number of hydrogen-bond donors (Lipinski definition) is 0. The third-order valence-corrected chi connectivity index (χ3v) is 8.58. The summed E-state index contributed by atoms with van der Waals surface area (Å²) in [7, 11) is 0. The van der Waals surface area contributed by atoms with Gasteiger partial charge in [-0.2, -0.15) is 0 Å². The molecule has 0 radical (unpaired) electrons. The molecule has 2 saturated heterocycles. The first-order chi connectivity index (χ1) is 16.7. The highest BCUT2D eigenvalue weighted by atomic mass is 16.6. The van der Waals surface area contributed by atoms with E-state index < -0.39 is 29.4 Å². The highest BCUT2D eigenvalue weighted by molar-refractivity contribution is 5.87. The number of carbonyl (C=O) groups excluding carboxylic acids is 2. The molecule has 5 rings (SSSR count). The van der Waals surface area contributed by atoms with Gasteiger partial charge in [-0.15, -0.1) is 0 Å². The maximum absolute atomic E-state index is 13.1. The minimum Gasteiger partial charge on any atom is -0.457 e. The molecule has 0 N–H and O–H groups in total. The van der Waals surface area contributed by atoms with E-state index >= 15 is 0 Å². The third-order valence-electron chi connectivity index (χ3n) is 8.58. The van der Waals surface area contributed by atoms with Gasteiger partial charge in [-0.3, -0.25) is 0 Å². The van der Waals surface area contributed by atoms with Gasteiger partial charge in [-0.25, -0.2) is 9.59 Å². The molecule has 3 heterocycles. The van der Waals surface area contributed by atoms with E-state index in [1.54, 1.807) is 18.2 Å². The van der Waals surface area contributed by atoms with Crippen LogP contribution in [-0.4, -0.2) is 35.3 Å². The third kappa shape index (κ3) is 4.02. The molecule has 186 valence electrons. The second-order valence-corrected chi connectivity index (χ2v) is 10.8. The summed E-state index contributed by atoms with van der Waals surface area (Å²) in [5.41, 5.74) is -0.447. The lowest BCUT2D eigenvalue weighted by Crippen LogP contribution is -2.62. The standard InChI is InChI=1S/C29H34O6/c1-18(2)29-17-23(33-27(31)22-11-8-16-32-22)28(4,35-29)21-14-12-19(3)25(21)26(29)34-24(30)15-13-20-9-6-5-7-10-20/h5-11,13,15-16,18-19,21,23,25-26H,12,14,17H2,1-4H3/b15-13+/t19?,21?,23?,25-,26+,28?,29?/m1/s1. The predicted molar refractivity (Wildman–Crippen MR) is 130 cm³/mol. The summed E-state index contributed by atoms with van der Waals surface area (Å²) in [6, 6.07) is 13.0. The molecule has 2 aromatic rings. The van der Waals surface area contributed by atoms with Crippen LogP contribution in [0, 0.1) is 23.7 Å². The van der Waals surface area contributed by atoms with E-state index in [0.717, 1.165) is 18.4 Å². The van der Waals surface area contributed by atoms with Crippen LogP contribution in [0.15, 0.2) is 59.2 Å². The molecule has 1 saturated carbocycles. The number of fused-ring (bicyclic) bond motifs is 4. The number of benzene rings is 1. The summed E-state index contributed by atoms with van der Waals surface area (Å²) in [6.07, 6.45) is 6.31. The molecule has 1 aromatic heterocycles. The van der Waals surface area contributed by atoms with Crippen LogP contribution in [-0.2, 0) is 19.0 Å². The summed E-state index contributed by atoms with van der Waals surface area (Å²) in [5, 5.41) is 0. The van der Waals surface area contributed by atoms with Gasteiger partial charge in [0, 0.05) is 18.4 Å². The summed E-state index contributed by atoms with van der Waals surface area (Å²) < 4.78 is 24.5. The smallest absolute Gasteiger partial charge is 0.374 e. The molecule has 2 bridgehead atoms. The fraction of sp³-hybridized carbons (Fsp3) is 0.517. The largest absolute Gasteiger partial charge is 0.457 e. The fourth-order valence-corrected chi connectivity index (χ4v) is 6.72. The lowest BCUT2D eigenvalue weighted by atomic mass is 9.69. The lowest BCUT2D eigenvalue weighted by molar-refractivity contribution is -0.263. The minimum atomic E-state index is -0.737. The van der Waals surface area contributed by atoms with Crippen molar-refractivity contribution in [2.75, 3.05) is 0 Å². The number of ether oxygens (including phenoxy) is 3. The van der Waals surface area contributed by atoms with Gasteiger partial charge in [0.05, 0.1) is 6.26 Å². The van der Waals surface area contributed by atoms with Gasteiger partial charge in [0.25, 0.3) is 0 Å². The highest BCUT2D eigenvalue weighted by Crippen LogP contribution is 2.63. The van der Waals surface area contributed by atoms with E-state index in [0.29, 0.717) is 12.3 Å². The van der Waals surface area contributed by atoms with Crippen molar-refractivity contribution >= 4 is 18.0 Å². The Morgan fingerprint density at radius 2 is 1.86 bits per heavy atom. The van der Waals surface area contributed by atoms with Gasteiger partial charge < -0.3 is 18.6 Å². The molecule has 2 aliphatic heterocycles. The average Bonchev–Trinajstić information content (AvgIpc) is 3.56. The zero-order valence-corrected chi connectivity index (χ0v) is 20.8. The molecule has 1 aromatic carbocycles. The number of rotatable bonds is 6. The Morgan fingerprint density at radius 3 is 2.54 bits per heavy atom. The molecule has 6 heteroatoms. The van der Waals surface area contributed by atoms with Crippen molar-refractivity contribution in [2.45, 2.75) is 70.4 Å². The molecular formula is C29H34O6. The van der Waals surface area contributed by atoms with Crippen LogP contribution in [0.1, 0.15) is 63.1 Å². The van der Waals surface area contributed by atoms with Gasteiger partial charge >= 0.3 is 11.9 Å². The Bertz CT molecular complexity index is 1090. The van der Waals surface area contributed by atoms with Crippen LogP contribution in [0.3, 0.4) is 0 Å². The minimum absolute atomic E-state index is 0.0544. The number of esters is 2. The second kappa shape index (κ2) is 8.98. The van der Waals surface area contributed by atoms with Crippen molar-refractivity contribution in [3.8, 4) is 0 Å². The molecule has 0 amide bonds. The van der Waals surface area contributed by atoms with Gasteiger partial charge in [0.2, 0.25) is 5.76 Å². The average molecular weight is 479 g/mol. The SMILES string of the molecule is CC1CCC2[C@@H]1[C@H](OC(=O)/C=C/c1ccccc1)C1(C(C)C)CC(OC(=O)c3ccco3)C2(C)O1. The van der Waals surface area contributed by atoms with E-state index in [1.807, 2.05) is 30.3 Å². The molecule has 5 unspecified atom stereocenters. The van der Waals surface area contributed by atoms with E-state index in [1.165, 1.54) is 12.3 Å². The van der Waals surface area contributed by atoms with Crippen LogP contribution >= 0.6 is 0 Å². The van der Waals surface area contributed by atoms with Crippen LogP contribution in [0.4, 0.5) is 0 Å². The Balaban J connectivity index is 1.45. The maximum Gasteiger partial charge on any atom is 0.374 e. The van der Waals surface area contributed by atoms with Crippen molar-refractivity contribution in [3.05, 3.63) is 66.1 Å². The van der Waals surface area contributed by atoms with Crippen molar-refractivity contribution in [2.24, 2.45) is 23.7 Å². The molecule has 3 aliphatic rings. The zero-order chi connectivity index (χ0) is 24.8. The molecule has 3 fully saturated rings.